The van der Waals surface area contributed by atoms with Crippen molar-refractivity contribution < 1.29 is 18.7 Å². The van der Waals surface area contributed by atoms with Crippen molar-refractivity contribution in [3.05, 3.63) is 41.7 Å². The Hall–Kier alpha value is -1.91. The molecular formula is C9H5F2NO2. The molecule has 1 N–H and O–H groups in total. The van der Waals surface area contributed by atoms with E-state index in [1.165, 1.54) is 12.1 Å². The first-order valence-electron chi connectivity index (χ1n) is 3.79. The molecule has 0 saturated heterocycles. The number of carbonyl (C=O) groups is 1. The molecule has 2 heterocycles. The zero-order valence-electron chi connectivity index (χ0n) is 6.87. The predicted molar refractivity (Wildman–Crippen MR) is 44.3 cm³/mol. The Balaban J connectivity index is 2.77. The van der Waals surface area contributed by atoms with Gasteiger partial charge in [0.2, 0.25) is 5.95 Å². The van der Waals surface area contributed by atoms with E-state index in [1.54, 1.807) is 0 Å². The van der Waals surface area contributed by atoms with Gasteiger partial charge in [-0.25, -0.2) is 9.18 Å². The Kier molecular flexibility index (Phi) is 1.73. The highest BCUT2D eigenvalue weighted by Gasteiger charge is 2.11. The lowest BCUT2D eigenvalue weighted by atomic mass is 10.3. The number of hydrogen-bond acceptors (Lipinski definition) is 1. The summed E-state index contributed by atoms with van der Waals surface area (Å²) in [5, 5.41) is 8.62. The van der Waals surface area contributed by atoms with Crippen molar-refractivity contribution in [2.45, 2.75) is 0 Å². The number of halogens is 2. The maximum atomic E-state index is 13.1. The molecule has 3 nitrogen and oxygen atoms in total. The number of rotatable bonds is 1. The van der Waals surface area contributed by atoms with E-state index in [-0.39, 0.29) is 5.56 Å². The van der Waals surface area contributed by atoms with Gasteiger partial charge in [0.15, 0.2) is 5.82 Å². The molecule has 0 fully saturated rings. The van der Waals surface area contributed by atoms with Crippen LogP contribution in [-0.4, -0.2) is 15.5 Å². The minimum Gasteiger partial charge on any atom is -0.478 e. The molecule has 0 amide bonds. The summed E-state index contributed by atoms with van der Waals surface area (Å²) in [7, 11) is 0. The third kappa shape index (κ3) is 1.14. The van der Waals surface area contributed by atoms with Crippen molar-refractivity contribution in [2.75, 3.05) is 0 Å². The molecule has 0 atom stereocenters. The van der Waals surface area contributed by atoms with Crippen LogP contribution in [0.25, 0.3) is 5.52 Å². The third-order valence-electron chi connectivity index (χ3n) is 1.91. The van der Waals surface area contributed by atoms with Crippen LogP contribution in [0.1, 0.15) is 10.4 Å². The first kappa shape index (κ1) is 8.68. The first-order chi connectivity index (χ1) is 6.59. The van der Waals surface area contributed by atoms with Gasteiger partial charge in [-0.3, -0.25) is 4.40 Å². The van der Waals surface area contributed by atoms with Crippen LogP contribution >= 0.6 is 0 Å². The lowest BCUT2D eigenvalue weighted by molar-refractivity contribution is 0.0697. The topological polar surface area (TPSA) is 41.7 Å². The molecule has 0 aliphatic heterocycles. The molecule has 0 saturated carbocycles. The van der Waals surface area contributed by atoms with Crippen molar-refractivity contribution in [3.63, 3.8) is 0 Å². The molecule has 5 heteroatoms. The van der Waals surface area contributed by atoms with E-state index in [9.17, 15) is 13.6 Å². The minimum absolute atomic E-state index is 0.0745. The standard InChI is InChI=1S/C9H5F2NO2/c10-7-2-1-6-3-5(9(13)14)4-12(6)8(7)11/h1-4H,(H,13,14). The largest absolute Gasteiger partial charge is 0.478 e. The Morgan fingerprint density at radius 1 is 1.36 bits per heavy atom. The molecule has 0 radical (unpaired) electrons. The van der Waals surface area contributed by atoms with Crippen LogP contribution in [0.15, 0.2) is 24.4 Å². The molecule has 72 valence electrons. The van der Waals surface area contributed by atoms with Gasteiger partial charge in [-0.2, -0.15) is 4.39 Å². The van der Waals surface area contributed by atoms with Crippen LogP contribution in [0.5, 0.6) is 0 Å². The highest BCUT2D eigenvalue weighted by atomic mass is 19.2. The summed E-state index contributed by atoms with van der Waals surface area (Å²) in [6, 6.07) is 3.53. The van der Waals surface area contributed by atoms with Gasteiger partial charge in [-0.05, 0) is 18.2 Å². The van der Waals surface area contributed by atoms with Gasteiger partial charge in [0, 0.05) is 11.7 Å². The summed E-state index contributed by atoms with van der Waals surface area (Å²) in [5.41, 5.74) is 0.232. The monoisotopic (exact) mass is 197 g/mol. The van der Waals surface area contributed by atoms with E-state index in [0.29, 0.717) is 5.52 Å². The molecule has 0 aromatic carbocycles. The number of hydrogen-bond donors (Lipinski definition) is 1. The van der Waals surface area contributed by atoms with E-state index < -0.39 is 17.7 Å². The lowest BCUT2D eigenvalue weighted by Crippen LogP contribution is -1.95. The molecule has 14 heavy (non-hydrogen) atoms. The van der Waals surface area contributed by atoms with Crippen molar-refractivity contribution in [1.82, 2.24) is 4.40 Å². The van der Waals surface area contributed by atoms with Gasteiger partial charge in [-0.1, -0.05) is 0 Å². The molecule has 0 unspecified atom stereocenters. The van der Waals surface area contributed by atoms with E-state index in [4.69, 9.17) is 5.11 Å². The first-order valence-corrected chi connectivity index (χ1v) is 3.79. The molecule has 2 rings (SSSR count). The van der Waals surface area contributed by atoms with E-state index in [0.717, 1.165) is 16.7 Å². The predicted octanol–water partition coefficient (Wildman–Crippen LogP) is 1.92. The zero-order valence-corrected chi connectivity index (χ0v) is 6.87. The van der Waals surface area contributed by atoms with Crippen LogP contribution in [0.4, 0.5) is 8.78 Å². The molecule has 2 aromatic rings. The third-order valence-corrected chi connectivity index (χ3v) is 1.91. The Morgan fingerprint density at radius 3 is 2.71 bits per heavy atom. The van der Waals surface area contributed by atoms with Crippen LogP contribution in [0.2, 0.25) is 0 Å². The number of aromatic carboxylic acids is 1. The van der Waals surface area contributed by atoms with Gasteiger partial charge in [0.25, 0.3) is 0 Å². The van der Waals surface area contributed by atoms with Crippen molar-refractivity contribution in [1.29, 1.82) is 0 Å². The van der Waals surface area contributed by atoms with Gasteiger partial charge in [0.05, 0.1) is 5.56 Å². The van der Waals surface area contributed by atoms with E-state index >= 15 is 0 Å². The second kappa shape index (κ2) is 2.80. The summed E-state index contributed by atoms with van der Waals surface area (Å²) in [5.74, 6) is -3.27. The fourth-order valence-corrected chi connectivity index (χ4v) is 1.24. The van der Waals surface area contributed by atoms with Crippen molar-refractivity contribution >= 4 is 11.5 Å². The van der Waals surface area contributed by atoms with Gasteiger partial charge in [0.1, 0.15) is 0 Å². The molecule has 0 bridgehead atoms. The van der Waals surface area contributed by atoms with Crippen LogP contribution < -0.4 is 0 Å². The van der Waals surface area contributed by atoms with Gasteiger partial charge in [-0.15, -0.1) is 0 Å². The lowest BCUT2D eigenvalue weighted by Gasteiger charge is -1.96. The summed E-state index contributed by atoms with van der Waals surface area (Å²) in [6.45, 7) is 0. The summed E-state index contributed by atoms with van der Waals surface area (Å²) in [4.78, 5) is 10.5. The van der Waals surface area contributed by atoms with Crippen LogP contribution in [-0.2, 0) is 0 Å². The minimum atomic E-state index is -1.17. The zero-order chi connectivity index (χ0) is 10.3. The summed E-state index contributed by atoms with van der Waals surface area (Å²) >= 11 is 0. The summed E-state index contributed by atoms with van der Waals surface area (Å²) < 4.78 is 26.6. The molecule has 0 aliphatic carbocycles. The number of aromatic nitrogens is 1. The molecule has 0 spiro atoms. The fourth-order valence-electron chi connectivity index (χ4n) is 1.24. The second-order valence-electron chi connectivity index (χ2n) is 2.80. The SMILES string of the molecule is O=C(O)c1cc2ccc(F)c(F)n2c1. The highest BCUT2D eigenvalue weighted by Crippen LogP contribution is 2.14. The average molecular weight is 197 g/mol. The Morgan fingerprint density at radius 2 is 2.07 bits per heavy atom. The van der Waals surface area contributed by atoms with Crippen molar-refractivity contribution in [2.24, 2.45) is 0 Å². The van der Waals surface area contributed by atoms with E-state index in [2.05, 4.69) is 0 Å². The normalized spacial score (nSPS) is 10.7. The van der Waals surface area contributed by atoms with Crippen LogP contribution in [0, 0.1) is 11.8 Å². The van der Waals surface area contributed by atoms with Gasteiger partial charge < -0.3 is 5.11 Å². The van der Waals surface area contributed by atoms with Crippen LogP contribution in [0.3, 0.4) is 0 Å². The maximum Gasteiger partial charge on any atom is 0.337 e. The maximum absolute atomic E-state index is 13.1. The number of fused-ring (bicyclic) bond motifs is 1. The molecular weight excluding hydrogens is 192 g/mol. The number of pyridine rings is 1. The van der Waals surface area contributed by atoms with E-state index in [1.807, 2.05) is 0 Å². The number of nitrogens with zero attached hydrogens (tertiary/aromatic N) is 1. The Labute approximate surface area is 77.2 Å². The molecule has 2 aromatic heterocycles. The highest BCUT2D eigenvalue weighted by molar-refractivity contribution is 5.89. The number of carboxylic acids is 1. The number of carboxylic acid groups (broad SMARTS) is 1. The van der Waals surface area contributed by atoms with Crippen molar-refractivity contribution in [3.8, 4) is 0 Å². The molecule has 0 aliphatic rings. The smallest absolute Gasteiger partial charge is 0.337 e. The second-order valence-corrected chi connectivity index (χ2v) is 2.80. The quantitative estimate of drug-likeness (QED) is 0.709. The average Bonchev–Trinajstić information content (AvgIpc) is 2.56. The Bertz CT molecular complexity index is 519. The summed E-state index contributed by atoms with van der Waals surface area (Å²) in [6.07, 6.45) is 1.04. The fraction of sp³-hybridized carbons (Fsp3) is 0. The van der Waals surface area contributed by atoms with Gasteiger partial charge >= 0.3 is 5.97 Å².